The van der Waals surface area contributed by atoms with Crippen LogP contribution in [-0.4, -0.2) is 44.2 Å². The van der Waals surface area contributed by atoms with Gasteiger partial charge >= 0.3 is 0 Å². The number of methoxy groups -OCH3 is 1. The predicted octanol–water partition coefficient (Wildman–Crippen LogP) is 1.72. The number of hydrogen-bond acceptors (Lipinski definition) is 4. The number of rotatable bonds is 6. The lowest BCUT2D eigenvalue weighted by atomic mass is 9.97. The van der Waals surface area contributed by atoms with Crippen molar-refractivity contribution in [1.82, 2.24) is 10.2 Å². The highest BCUT2D eigenvalue weighted by Gasteiger charge is 2.19. The molecule has 1 aliphatic heterocycles. The van der Waals surface area contributed by atoms with Gasteiger partial charge < -0.3 is 10.1 Å². The molecule has 0 radical (unpaired) electrons. The van der Waals surface area contributed by atoms with E-state index in [2.05, 4.69) is 27.7 Å². The summed E-state index contributed by atoms with van der Waals surface area (Å²) in [4.78, 5) is 15.3. The first-order valence-corrected chi connectivity index (χ1v) is 7.66. The Bertz CT molecular complexity index is 373. The molecule has 1 amide bonds. The van der Waals surface area contributed by atoms with Crippen molar-refractivity contribution in [2.75, 3.05) is 33.4 Å². The van der Waals surface area contributed by atoms with Gasteiger partial charge in [0.2, 0.25) is 5.91 Å². The Kier molecular flexibility index (Phi) is 5.82. The Balaban J connectivity index is 1.63. The minimum absolute atomic E-state index is 0.0106. The van der Waals surface area contributed by atoms with Gasteiger partial charge in [-0.1, -0.05) is 6.07 Å². The second-order valence-corrected chi connectivity index (χ2v) is 6.07. The van der Waals surface area contributed by atoms with E-state index in [0.717, 1.165) is 26.2 Å². The lowest BCUT2D eigenvalue weighted by molar-refractivity contribution is -0.125. The molecule has 0 saturated carbocycles. The van der Waals surface area contributed by atoms with Crippen molar-refractivity contribution < 1.29 is 9.53 Å². The van der Waals surface area contributed by atoms with E-state index in [4.69, 9.17) is 4.74 Å². The van der Waals surface area contributed by atoms with Gasteiger partial charge in [-0.25, -0.2) is 0 Å². The van der Waals surface area contributed by atoms with Crippen LogP contribution in [0.3, 0.4) is 0 Å². The standard InChI is InChI=1S/C14H22N2O2S/c1-18-11-14(17)15-9-12-4-6-16(7-5-12)10-13-3-2-8-19-13/h2-3,8,12H,4-7,9-11H2,1H3,(H,15,17). The molecule has 1 N–H and O–H groups in total. The third-order valence-corrected chi connectivity index (χ3v) is 4.39. The number of nitrogens with one attached hydrogen (secondary N) is 1. The van der Waals surface area contributed by atoms with Gasteiger partial charge in [-0.05, 0) is 43.3 Å². The Morgan fingerprint density at radius 2 is 2.32 bits per heavy atom. The molecule has 0 unspecified atom stereocenters. The number of hydrogen-bond donors (Lipinski definition) is 1. The predicted molar refractivity (Wildman–Crippen MR) is 77.2 cm³/mol. The summed E-state index contributed by atoms with van der Waals surface area (Å²) in [5.74, 6) is 0.601. The molecule has 0 bridgehead atoms. The molecule has 5 heteroatoms. The summed E-state index contributed by atoms with van der Waals surface area (Å²) in [5, 5.41) is 5.07. The van der Waals surface area contributed by atoms with E-state index in [-0.39, 0.29) is 12.5 Å². The van der Waals surface area contributed by atoms with Crippen LogP contribution in [0, 0.1) is 5.92 Å². The van der Waals surface area contributed by atoms with E-state index in [9.17, 15) is 4.79 Å². The van der Waals surface area contributed by atoms with E-state index < -0.39 is 0 Å². The van der Waals surface area contributed by atoms with Crippen LogP contribution in [-0.2, 0) is 16.1 Å². The third-order valence-electron chi connectivity index (χ3n) is 3.53. The van der Waals surface area contributed by atoms with Crippen LogP contribution in [0.25, 0.3) is 0 Å². The molecular weight excluding hydrogens is 260 g/mol. The van der Waals surface area contributed by atoms with Crippen molar-refractivity contribution >= 4 is 17.2 Å². The molecule has 0 aliphatic carbocycles. The second-order valence-electron chi connectivity index (χ2n) is 5.04. The summed E-state index contributed by atoms with van der Waals surface area (Å²) in [6.45, 7) is 4.28. The van der Waals surface area contributed by atoms with Gasteiger partial charge in [0.25, 0.3) is 0 Å². The van der Waals surface area contributed by atoms with Crippen molar-refractivity contribution in [3.05, 3.63) is 22.4 Å². The molecule has 1 aromatic rings. The monoisotopic (exact) mass is 282 g/mol. The quantitative estimate of drug-likeness (QED) is 0.864. The fraction of sp³-hybridized carbons (Fsp3) is 0.643. The van der Waals surface area contributed by atoms with Gasteiger partial charge in [0.05, 0.1) is 0 Å². The van der Waals surface area contributed by atoms with E-state index in [0.29, 0.717) is 5.92 Å². The number of amides is 1. The molecule has 0 aromatic carbocycles. The zero-order chi connectivity index (χ0) is 13.5. The molecule has 0 spiro atoms. The highest BCUT2D eigenvalue weighted by molar-refractivity contribution is 7.09. The van der Waals surface area contributed by atoms with E-state index in [1.807, 2.05) is 11.3 Å². The minimum atomic E-state index is -0.0106. The van der Waals surface area contributed by atoms with Crippen LogP contribution in [0.4, 0.5) is 0 Å². The van der Waals surface area contributed by atoms with Crippen molar-refractivity contribution in [3.8, 4) is 0 Å². The Labute approximate surface area is 118 Å². The fourth-order valence-corrected chi connectivity index (χ4v) is 3.16. The number of nitrogens with zero attached hydrogens (tertiary/aromatic N) is 1. The average Bonchev–Trinajstić information content (AvgIpc) is 2.91. The topological polar surface area (TPSA) is 41.6 Å². The first-order valence-electron chi connectivity index (χ1n) is 6.78. The van der Waals surface area contributed by atoms with Gasteiger partial charge in [0.1, 0.15) is 6.61 Å². The summed E-state index contributed by atoms with van der Waals surface area (Å²) in [7, 11) is 1.54. The largest absolute Gasteiger partial charge is 0.375 e. The highest BCUT2D eigenvalue weighted by Crippen LogP contribution is 2.20. The summed E-state index contributed by atoms with van der Waals surface area (Å²) >= 11 is 1.82. The number of carbonyl (C=O) groups is 1. The van der Waals surface area contributed by atoms with Crippen molar-refractivity contribution in [2.24, 2.45) is 5.92 Å². The van der Waals surface area contributed by atoms with Crippen molar-refractivity contribution in [2.45, 2.75) is 19.4 Å². The lowest BCUT2D eigenvalue weighted by Crippen LogP contribution is -2.39. The molecule has 19 heavy (non-hydrogen) atoms. The first-order chi connectivity index (χ1) is 9.28. The van der Waals surface area contributed by atoms with E-state index in [1.54, 1.807) is 7.11 Å². The molecule has 0 atom stereocenters. The zero-order valence-corrected chi connectivity index (χ0v) is 12.2. The molecule has 4 nitrogen and oxygen atoms in total. The maximum Gasteiger partial charge on any atom is 0.245 e. The maximum absolute atomic E-state index is 11.3. The second kappa shape index (κ2) is 7.62. The molecule has 1 aliphatic rings. The molecule has 2 heterocycles. The number of piperidine rings is 1. The maximum atomic E-state index is 11.3. The summed E-state index contributed by atoms with van der Waals surface area (Å²) in [6, 6.07) is 4.31. The van der Waals surface area contributed by atoms with Crippen LogP contribution < -0.4 is 5.32 Å². The SMILES string of the molecule is COCC(=O)NCC1CCN(Cc2cccs2)CC1. The van der Waals surface area contributed by atoms with Crippen LogP contribution >= 0.6 is 11.3 Å². The molecular formula is C14H22N2O2S. The molecule has 2 rings (SSSR count). The molecule has 1 fully saturated rings. The van der Waals surface area contributed by atoms with Gasteiger partial charge in [0.15, 0.2) is 0 Å². The van der Waals surface area contributed by atoms with Crippen LogP contribution in [0.5, 0.6) is 0 Å². The van der Waals surface area contributed by atoms with Gasteiger partial charge in [-0.3, -0.25) is 9.69 Å². The Hall–Kier alpha value is -0.910. The molecule has 1 saturated heterocycles. The van der Waals surface area contributed by atoms with Gasteiger partial charge in [0, 0.05) is 25.1 Å². The smallest absolute Gasteiger partial charge is 0.245 e. The summed E-state index contributed by atoms with van der Waals surface area (Å²) < 4.78 is 4.80. The van der Waals surface area contributed by atoms with Crippen molar-refractivity contribution in [1.29, 1.82) is 0 Å². The normalized spacial score (nSPS) is 17.5. The average molecular weight is 282 g/mol. The Morgan fingerprint density at radius 3 is 2.95 bits per heavy atom. The van der Waals surface area contributed by atoms with E-state index in [1.165, 1.54) is 17.7 Å². The Morgan fingerprint density at radius 1 is 1.53 bits per heavy atom. The van der Waals surface area contributed by atoms with Gasteiger partial charge in [-0.15, -0.1) is 11.3 Å². The van der Waals surface area contributed by atoms with Crippen LogP contribution in [0.2, 0.25) is 0 Å². The summed E-state index contributed by atoms with van der Waals surface area (Å²) in [5.41, 5.74) is 0. The molecule has 1 aromatic heterocycles. The van der Waals surface area contributed by atoms with Crippen LogP contribution in [0.15, 0.2) is 17.5 Å². The number of likely N-dealkylation sites (tertiary alicyclic amines) is 1. The minimum Gasteiger partial charge on any atom is -0.375 e. The van der Waals surface area contributed by atoms with Gasteiger partial charge in [-0.2, -0.15) is 0 Å². The van der Waals surface area contributed by atoms with Crippen LogP contribution in [0.1, 0.15) is 17.7 Å². The van der Waals surface area contributed by atoms with Crippen molar-refractivity contribution in [3.63, 3.8) is 0 Å². The van der Waals surface area contributed by atoms with E-state index >= 15 is 0 Å². The highest BCUT2D eigenvalue weighted by atomic mass is 32.1. The summed E-state index contributed by atoms with van der Waals surface area (Å²) in [6.07, 6.45) is 2.33. The third kappa shape index (κ3) is 4.93. The first kappa shape index (κ1) is 14.5. The number of thiophene rings is 1. The zero-order valence-electron chi connectivity index (χ0n) is 11.4. The molecule has 106 valence electrons. The number of ether oxygens (including phenoxy) is 1. The fourth-order valence-electron chi connectivity index (χ4n) is 2.41. The number of carbonyl (C=O) groups excluding carboxylic acids is 1. The lowest BCUT2D eigenvalue weighted by Gasteiger charge is -2.31.